The van der Waals surface area contributed by atoms with Crippen LogP contribution in [-0.2, 0) is 6.42 Å². The van der Waals surface area contributed by atoms with Crippen LogP contribution in [0.15, 0.2) is 48.5 Å². The zero-order valence-corrected chi connectivity index (χ0v) is 11.3. The molecule has 2 rings (SSSR count). The SMILES string of the molecule is N#CC(Cc1ccc(Cl)cc1)c1cccc(C(=O)O)c1. The molecule has 0 spiro atoms. The van der Waals surface area contributed by atoms with E-state index in [1.54, 1.807) is 30.3 Å². The highest BCUT2D eigenvalue weighted by molar-refractivity contribution is 6.30. The van der Waals surface area contributed by atoms with Crippen molar-refractivity contribution in [3.63, 3.8) is 0 Å². The van der Waals surface area contributed by atoms with E-state index >= 15 is 0 Å². The molecular formula is C16H12ClNO2. The van der Waals surface area contributed by atoms with Crippen molar-refractivity contribution in [2.24, 2.45) is 0 Å². The van der Waals surface area contributed by atoms with E-state index < -0.39 is 5.97 Å². The molecule has 0 heterocycles. The Morgan fingerprint density at radius 2 is 1.95 bits per heavy atom. The van der Waals surface area contributed by atoms with Gasteiger partial charge < -0.3 is 5.11 Å². The first-order valence-electron chi connectivity index (χ1n) is 6.07. The number of hydrogen-bond donors (Lipinski definition) is 1. The maximum Gasteiger partial charge on any atom is 0.335 e. The smallest absolute Gasteiger partial charge is 0.335 e. The first-order valence-corrected chi connectivity index (χ1v) is 6.45. The highest BCUT2D eigenvalue weighted by atomic mass is 35.5. The Bertz CT molecular complexity index is 659. The number of nitriles is 1. The van der Waals surface area contributed by atoms with Crippen molar-refractivity contribution in [2.45, 2.75) is 12.3 Å². The van der Waals surface area contributed by atoms with Crippen LogP contribution in [0.1, 0.15) is 27.4 Å². The van der Waals surface area contributed by atoms with Crippen LogP contribution in [0.2, 0.25) is 5.02 Å². The molecule has 0 aliphatic rings. The average molecular weight is 286 g/mol. The van der Waals surface area contributed by atoms with Crippen molar-refractivity contribution >= 4 is 17.6 Å². The van der Waals surface area contributed by atoms with E-state index in [9.17, 15) is 10.1 Å². The van der Waals surface area contributed by atoms with Gasteiger partial charge in [-0.3, -0.25) is 0 Å². The molecule has 3 nitrogen and oxygen atoms in total. The van der Waals surface area contributed by atoms with Gasteiger partial charge in [0.05, 0.1) is 17.6 Å². The van der Waals surface area contributed by atoms with Crippen LogP contribution in [0, 0.1) is 11.3 Å². The lowest BCUT2D eigenvalue weighted by molar-refractivity contribution is 0.0696. The Kier molecular flexibility index (Phi) is 4.39. The molecule has 0 radical (unpaired) electrons. The van der Waals surface area contributed by atoms with Crippen molar-refractivity contribution in [3.05, 3.63) is 70.2 Å². The minimum absolute atomic E-state index is 0.193. The first kappa shape index (κ1) is 14.1. The lowest BCUT2D eigenvalue weighted by Crippen LogP contribution is -2.03. The summed E-state index contributed by atoms with van der Waals surface area (Å²) in [5, 5.41) is 18.9. The molecule has 0 bridgehead atoms. The quantitative estimate of drug-likeness (QED) is 0.927. The number of nitrogens with zero attached hydrogens (tertiary/aromatic N) is 1. The zero-order chi connectivity index (χ0) is 14.5. The number of hydrogen-bond acceptors (Lipinski definition) is 2. The van der Waals surface area contributed by atoms with E-state index in [0.717, 1.165) is 5.56 Å². The summed E-state index contributed by atoms with van der Waals surface area (Å²) in [6, 6.07) is 16.0. The van der Waals surface area contributed by atoms with Crippen molar-refractivity contribution in [1.29, 1.82) is 5.26 Å². The Hall–Kier alpha value is -2.31. The van der Waals surface area contributed by atoms with Crippen molar-refractivity contribution in [3.8, 4) is 6.07 Å². The molecule has 1 unspecified atom stereocenters. The summed E-state index contributed by atoms with van der Waals surface area (Å²) in [5.74, 6) is -1.37. The van der Waals surface area contributed by atoms with Crippen LogP contribution >= 0.6 is 11.6 Å². The van der Waals surface area contributed by atoms with Crippen molar-refractivity contribution in [1.82, 2.24) is 0 Å². The highest BCUT2D eigenvalue weighted by Crippen LogP contribution is 2.22. The van der Waals surface area contributed by atoms with Gasteiger partial charge in [0.25, 0.3) is 0 Å². The van der Waals surface area contributed by atoms with Gasteiger partial charge in [-0.05, 0) is 41.8 Å². The van der Waals surface area contributed by atoms with E-state index in [1.807, 2.05) is 12.1 Å². The molecule has 0 saturated heterocycles. The molecule has 0 aliphatic carbocycles. The minimum atomic E-state index is -0.991. The second-order valence-corrected chi connectivity index (χ2v) is 4.88. The molecule has 4 heteroatoms. The van der Waals surface area contributed by atoms with Crippen LogP contribution < -0.4 is 0 Å². The standard InChI is InChI=1S/C16H12ClNO2/c17-15-6-4-11(5-7-15)8-14(10-18)12-2-1-3-13(9-12)16(19)20/h1-7,9,14H,8H2,(H,19,20). The van der Waals surface area contributed by atoms with E-state index in [1.165, 1.54) is 6.07 Å². The van der Waals surface area contributed by atoms with E-state index in [4.69, 9.17) is 16.7 Å². The van der Waals surface area contributed by atoms with Crippen LogP contribution in [0.5, 0.6) is 0 Å². The maximum absolute atomic E-state index is 11.0. The number of carboxylic acid groups (broad SMARTS) is 1. The van der Waals surface area contributed by atoms with E-state index in [-0.39, 0.29) is 11.5 Å². The molecule has 0 aliphatic heterocycles. The summed E-state index contributed by atoms with van der Waals surface area (Å²) in [5.41, 5.74) is 1.89. The Labute approximate surface area is 122 Å². The van der Waals surface area contributed by atoms with Crippen molar-refractivity contribution in [2.75, 3.05) is 0 Å². The summed E-state index contributed by atoms with van der Waals surface area (Å²) in [4.78, 5) is 11.0. The molecule has 20 heavy (non-hydrogen) atoms. The third-order valence-corrected chi connectivity index (χ3v) is 3.30. The summed E-state index contributed by atoms with van der Waals surface area (Å²) in [7, 11) is 0. The normalized spacial score (nSPS) is 11.6. The number of carboxylic acids is 1. The number of halogens is 1. The van der Waals surface area contributed by atoms with E-state index in [2.05, 4.69) is 6.07 Å². The van der Waals surface area contributed by atoms with Gasteiger partial charge in [0.1, 0.15) is 0 Å². The molecule has 1 atom stereocenters. The second kappa shape index (κ2) is 6.23. The van der Waals surface area contributed by atoms with Crippen molar-refractivity contribution < 1.29 is 9.90 Å². The Morgan fingerprint density at radius 3 is 2.55 bits per heavy atom. The van der Waals surface area contributed by atoms with Gasteiger partial charge in [-0.15, -0.1) is 0 Å². The monoisotopic (exact) mass is 285 g/mol. The van der Waals surface area contributed by atoms with Crippen LogP contribution in [0.25, 0.3) is 0 Å². The average Bonchev–Trinajstić information content (AvgIpc) is 2.46. The van der Waals surface area contributed by atoms with Gasteiger partial charge in [-0.2, -0.15) is 5.26 Å². The van der Waals surface area contributed by atoms with Gasteiger partial charge in [0.15, 0.2) is 0 Å². The fourth-order valence-electron chi connectivity index (χ4n) is 1.98. The second-order valence-electron chi connectivity index (χ2n) is 4.44. The molecule has 0 fully saturated rings. The lowest BCUT2D eigenvalue weighted by atomic mass is 9.92. The zero-order valence-electron chi connectivity index (χ0n) is 10.6. The molecule has 2 aromatic carbocycles. The Morgan fingerprint density at radius 1 is 1.25 bits per heavy atom. The predicted molar refractivity (Wildman–Crippen MR) is 76.9 cm³/mol. The maximum atomic E-state index is 11.0. The molecule has 0 aromatic heterocycles. The molecular weight excluding hydrogens is 274 g/mol. The fourth-order valence-corrected chi connectivity index (χ4v) is 2.11. The summed E-state index contributed by atoms with van der Waals surface area (Å²) in [6.07, 6.45) is 0.525. The first-order chi connectivity index (χ1) is 9.60. The predicted octanol–water partition coefficient (Wildman–Crippen LogP) is 3.89. The summed E-state index contributed by atoms with van der Waals surface area (Å²) < 4.78 is 0. The molecule has 1 N–H and O–H groups in total. The van der Waals surface area contributed by atoms with Crippen LogP contribution in [0.4, 0.5) is 0 Å². The third-order valence-electron chi connectivity index (χ3n) is 3.04. The molecule has 2 aromatic rings. The van der Waals surface area contributed by atoms with Gasteiger partial charge in [0, 0.05) is 5.02 Å². The van der Waals surface area contributed by atoms with Gasteiger partial charge in [-0.1, -0.05) is 35.9 Å². The lowest BCUT2D eigenvalue weighted by Gasteiger charge is -2.10. The highest BCUT2D eigenvalue weighted by Gasteiger charge is 2.13. The number of carbonyl (C=O) groups is 1. The fraction of sp³-hybridized carbons (Fsp3) is 0.125. The van der Waals surface area contributed by atoms with E-state index in [0.29, 0.717) is 17.0 Å². The number of aromatic carboxylic acids is 1. The topological polar surface area (TPSA) is 61.1 Å². The summed E-state index contributed by atoms with van der Waals surface area (Å²) >= 11 is 5.82. The Balaban J connectivity index is 2.24. The number of rotatable bonds is 4. The molecule has 0 saturated carbocycles. The van der Waals surface area contributed by atoms with Gasteiger partial charge >= 0.3 is 5.97 Å². The molecule has 100 valence electrons. The van der Waals surface area contributed by atoms with Gasteiger partial charge in [0.2, 0.25) is 0 Å². The van der Waals surface area contributed by atoms with Crippen LogP contribution in [0.3, 0.4) is 0 Å². The van der Waals surface area contributed by atoms with Crippen LogP contribution in [-0.4, -0.2) is 11.1 Å². The van der Waals surface area contributed by atoms with Gasteiger partial charge in [-0.25, -0.2) is 4.79 Å². The largest absolute Gasteiger partial charge is 0.478 e. The minimum Gasteiger partial charge on any atom is -0.478 e. The third kappa shape index (κ3) is 3.37. The molecule has 0 amide bonds. The summed E-state index contributed by atoms with van der Waals surface area (Å²) in [6.45, 7) is 0. The number of benzene rings is 2.